The van der Waals surface area contributed by atoms with Crippen LogP contribution in [-0.2, 0) is 0 Å². The van der Waals surface area contributed by atoms with E-state index in [2.05, 4.69) is 29.6 Å². The summed E-state index contributed by atoms with van der Waals surface area (Å²) in [5, 5.41) is 13.0. The van der Waals surface area contributed by atoms with Crippen molar-refractivity contribution in [2.24, 2.45) is 11.3 Å². The lowest BCUT2D eigenvalue weighted by atomic mass is 9.91. The van der Waals surface area contributed by atoms with E-state index in [0.29, 0.717) is 18.6 Å². The standard InChI is InChI=1S/C12H15NO/c14-8-12-6-10(12)7-13-11(12)9-4-2-1-3-5-9/h1-5,10-11,13-14H,6-8H2/t10-,11+,12+/m1/s1. The van der Waals surface area contributed by atoms with Gasteiger partial charge in [-0.15, -0.1) is 0 Å². The van der Waals surface area contributed by atoms with Crippen LogP contribution in [0.1, 0.15) is 18.0 Å². The molecule has 2 nitrogen and oxygen atoms in total. The number of benzene rings is 1. The Kier molecular flexibility index (Phi) is 1.70. The highest BCUT2D eigenvalue weighted by Gasteiger charge is 2.62. The summed E-state index contributed by atoms with van der Waals surface area (Å²) in [7, 11) is 0. The van der Waals surface area contributed by atoms with Crippen LogP contribution in [-0.4, -0.2) is 18.3 Å². The fourth-order valence-electron chi connectivity index (χ4n) is 2.87. The lowest BCUT2D eigenvalue weighted by molar-refractivity contribution is 0.185. The second kappa shape index (κ2) is 2.81. The third-order valence-corrected chi connectivity index (χ3v) is 3.85. The molecule has 3 rings (SSSR count). The summed E-state index contributed by atoms with van der Waals surface area (Å²) in [6.07, 6.45) is 1.19. The number of hydrogen-bond acceptors (Lipinski definition) is 2. The Hall–Kier alpha value is -0.860. The molecule has 14 heavy (non-hydrogen) atoms. The normalized spacial score (nSPS) is 39.5. The first-order valence-corrected chi connectivity index (χ1v) is 5.26. The van der Waals surface area contributed by atoms with E-state index in [-0.39, 0.29) is 5.41 Å². The van der Waals surface area contributed by atoms with Crippen molar-refractivity contribution in [2.75, 3.05) is 13.2 Å². The smallest absolute Gasteiger partial charge is 0.0508 e. The van der Waals surface area contributed by atoms with Crippen molar-refractivity contribution in [3.63, 3.8) is 0 Å². The molecule has 0 spiro atoms. The van der Waals surface area contributed by atoms with Crippen molar-refractivity contribution >= 4 is 0 Å². The molecule has 2 heteroatoms. The highest BCUT2D eigenvalue weighted by molar-refractivity contribution is 5.28. The second-order valence-electron chi connectivity index (χ2n) is 4.54. The Morgan fingerprint density at radius 1 is 1.36 bits per heavy atom. The highest BCUT2D eigenvalue weighted by atomic mass is 16.3. The summed E-state index contributed by atoms with van der Waals surface area (Å²) >= 11 is 0. The van der Waals surface area contributed by atoms with Crippen LogP contribution in [0.4, 0.5) is 0 Å². The number of rotatable bonds is 2. The van der Waals surface area contributed by atoms with Gasteiger partial charge in [0.05, 0.1) is 6.61 Å². The molecule has 0 bridgehead atoms. The number of hydrogen-bond donors (Lipinski definition) is 2. The molecule has 0 amide bonds. The van der Waals surface area contributed by atoms with Gasteiger partial charge in [0.1, 0.15) is 0 Å². The molecule has 1 aromatic carbocycles. The molecule has 0 unspecified atom stereocenters. The first-order valence-electron chi connectivity index (χ1n) is 5.26. The summed E-state index contributed by atoms with van der Waals surface area (Å²) in [5.74, 6) is 0.706. The van der Waals surface area contributed by atoms with Crippen molar-refractivity contribution in [3.8, 4) is 0 Å². The molecule has 1 aliphatic heterocycles. The molecule has 0 radical (unpaired) electrons. The van der Waals surface area contributed by atoms with E-state index < -0.39 is 0 Å². The van der Waals surface area contributed by atoms with Gasteiger partial charge >= 0.3 is 0 Å². The minimum atomic E-state index is 0.168. The maximum Gasteiger partial charge on any atom is 0.0508 e. The summed E-state index contributed by atoms with van der Waals surface area (Å²) in [5.41, 5.74) is 1.49. The van der Waals surface area contributed by atoms with Gasteiger partial charge in [0.2, 0.25) is 0 Å². The molecule has 1 aromatic rings. The van der Waals surface area contributed by atoms with Crippen LogP contribution in [0.25, 0.3) is 0 Å². The zero-order valence-electron chi connectivity index (χ0n) is 8.11. The van der Waals surface area contributed by atoms with E-state index in [1.54, 1.807) is 0 Å². The molecule has 3 atom stereocenters. The van der Waals surface area contributed by atoms with Crippen molar-refractivity contribution < 1.29 is 5.11 Å². The molecule has 1 aliphatic carbocycles. The number of aliphatic hydroxyl groups excluding tert-OH is 1. The quantitative estimate of drug-likeness (QED) is 0.735. The Bertz CT molecular complexity index is 333. The fourth-order valence-corrected chi connectivity index (χ4v) is 2.87. The van der Waals surface area contributed by atoms with Crippen LogP contribution in [0.5, 0.6) is 0 Å². The average Bonchev–Trinajstić information content (AvgIpc) is 2.87. The third kappa shape index (κ3) is 0.983. The Morgan fingerprint density at radius 2 is 2.14 bits per heavy atom. The number of aliphatic hydroxyl groups is 1. The van der Waals surface area contributed by atoms with Gasteiger partial charge in [-0.1, -0.05) is 30.3 Å². The van der Waals surface area contributed by atoms with Crippen LogP contribution in [0.15, 0.2) is 30.3 Å². The van der Waals surface area contributed by atoms with Crippen molar-refractivity contribution in [2.45, 2.75) is 12.5 Å². The van der Waals surface area contributed by atoms with Crippen LogP contribution in [0.2, 0.25) is 0 Å². The van der Waals surface area contributed by atoms with E-state index in [9.17, 15) is 5.11 Å². The maximum atomic E-state index is 9.46. The van der Waals surface area contributed by atoms with Gasteiger partial charge < -0.3 is 10.4 Å². The van der Waals surface area contributed by atoms with Crippen LogP contribution in [0, 0.1) is 11.3 Å². The van der Waals surface area contributed by atoms with E-state index in [4.69, 9.17) is 0 Å². The molecule has 2 fully saturated rings. The lowest BCUT2D eigenvalue weighted by Crippen LogP contribution is -2.25. The number of nitrogens with one attached hydrogen (secondary N) is 1. The van der Waals surface area contributed by atoms with Gasteiger partial charge in [-0.3, -0.25) is 0 Å². The zero-order chi connectivity index (χ0) is 9.60. The minimum absolute atomic E-state index is 0.168. The van der Waals surface area contributed by atoms with Crippen molar-refractivity contribution in [3.05, 3.63) is 35.9 Å². The van der Waals surface area contributed by atoms with Crippen LogP contribution >= 0.6 is 0 Å². The van der Waals surface area contributed by atoms with E-state index in [1.807, 2.05) is 6.07 Å². The molecule has 1 saturated heterocycles. The summed E-state index contributed by atoms with van der Waals surface area (Å²) < 4.78 is 0. The maximum absolute atomic E-state index is 9.46. The summed E-state index contributed by atoms with van der Waals surface area (Å²) in [6.45, 7) is 1.39. The minimum Gasteiger partial charge on any atom is -0.396 e. The first-order chi connectivity index (χ1) is 6.87. The molecule has 1 saturated carbocycles. The number of piperidine rings is 1. The first kappa shape index (κ1) is 8.45. The number of fused-ring (bicyclic) bond motifs is 1. The predicted octanol–water partition coefficient (Wildman–Crippen LogP) is 1.33. The van der Waals surface area contributed by atoms with Crippen LogP contribution < -0.4 is 5.32 Å². The Balaban J connectivity index is 1.93. The van der Waals surface area contributed by atoms with E-state index in [0.717, 1.165) is 6.54 Å². The molecular formula is C12H15NO. The predicted molar refractivity (Wildman–Crippen MR) is 54.8 cm³/mol. The lowest BCUT2D eigenvalue weighted by Gasteiger charge is -2.21. The largest absolute Gasteiger partial charge is 0.396 e. The van der Waals surface area contributed by atoms with Gasteiger partial charge in [0.15, 0.2) is 0 Å². The molecule has 0 aromatic heterocycles. The van der Waals surface area contributed by atoms with E-state index in [1.165, 1.54) is 12.0 Å². The molecule has 2 aliphatic rings. The SMILES string of the molecule is OC[C@@]12C[C@@H]1CN[C@H]2c1ccccc1. The average molecular weight is 189 g/mol. The van der Waals surface area contributed by atoms with Gasteiger partial charge in [-0.25, -0.2) is 0 Å². The summed E-state index contributed by atoms with van der Waals surface area (Å²) in [4.78, 5) is 0. The Morgan fingerprint density at radius 3 is 2.79 bits per heavy atom. The topological polar surface area (TPSA) is 32.3 Å². The van der Waals surface area contributed by atoms with Gasteiger partial charge in [-0.2, -0.15) is 0 Å². The zero-order valence-corrected chi connectivity index (χ0v) is 8.11. The second-order valence-corrected chi connectivity index (χ2v) is 4.54. The van der Waals surface area contributed by atoms with Crippen LogP contribution in [0.3, 0.4) is 0 Å². The molecule has 74 valence electrons. The highest BCUT2D eigenvalue weighted by Crippen LogP contribution is 2.63. The molecular weight excluding hydrogens is 174 g/mol. The third-order valence-electron chi connectivity index (χ3n) is 3.85. The fraction of sp³-hybridized carbons (Fsp3) is 0.500. The van der Waals surface area contributed by atoms with Crippen molar-refractivity contribution in [1.82, 2.24) is 5.32 Å². The Labute approximate surface area is 84.0 Å². The summed E-state index contributed by atoms with van der Waals surface area (Å²) in [6, 6.07) is 10.8. The van der Waals surface area contributed by atoms with Crippen molar-refractivity contribution in [1.29, 1.82) is 0 Å². The monoisotopic (exact) mass is 189 g/mol. The van der Waals surface area contributed by atoms with Gasteiger partial charge in [-0.05, 0) is 24.4 Å². The molecule has 2 N–H and O–H groups in total. The van der Waals surface area contributed by atoms with Gasteiger partial charge in [0, 0.05) is 11.5 Å². The van der Waals surface area contributed by atoms with Gasteiger partial charge in [0.25, 0.3) is 0 Å². The molecule has 1 heterocycles. The van der Waals surface area contributed by atoms with E-state index >= 15 is 0 Å².